The van der Waals surface area contributed by atoms with Crippen molar-refractivity contribution in [2.45, 2.75) is 13.0 Å². The summed E-state index contributed by atoms with van der Waals surface area (Å²) in [7, 11) is 1.99. The molecule has 1 unspecified atom stereocenters. The Morgan fingerprint density at radius 2 is 2.00 bits per heavy atom. The molecule has 6 nitrogen and oxygen atoms in total. The van der Waals surface area contributed by atoms with Gasteiger partial charge in [-0.2, -0.15) is 0 Å². The molecule has 1 fully saturated rings. The highest BCUT2D eigenvalue weighted by atomic mass is 35.5. The number of rotatable bonds is 1. The summed E-state index contributed by atoms with van der Waals surface area (Å²) in [6.07, 6.45) is -0.622. The summed E-state index contributed by atoms with van der Waals surface area (Å²) >= 11 is 6.10. The van der Waals surface area contributed by atoms with Crippen LogP contribution in [0.1, 0.15) is 6.92 Å². The molecule has 2 amide bonds. The maximum Gasteiger partial charge on any atom is 0.258 e. The second kappa shape index (κ2) is 6.37. The van der Waals surface area contributed by atoms with E-state index in [2.05, 4.69) is 4.90 Å². The fourth-order valence-electron chi connectivity index (χ4n) is 3.01. The average molecular weight is 338 g/mol. The van der Waals surface area contributed by atoms with Gasteiger partial charge in [-0.3, -0.25) is 9.59 Å². The molecule has 2 aliphatic rings. The molecule has 1 aromatic rings. The summed E-state index contributed by atoms with van der Waals surface area (Å²) < 4.78 is 5.61. The molecule has 2 heterocycles. The van der Waals surface area contributed by atoms with Crippen molar-refractivity contribution < 1.29 is 14.3 Å². The highest BCUT2D eigenvalue weighted by Crippen LogP contribution is 2.35. The van der Waals surface area contributed by atoms with Crippen LogP contribution in [0.3, 0.4) is 0 Å². The van der Waals surface area contributed by atoms with Gasteiger partial charge in [0, 0.05) is 38.6 Å². The minimum absolute atomic E-state index is 0.0343. The largest absolute Gasteiger partial charge is 0.371 e. The molecule has 23 heavy (non-hydrogen) atoms. The number of nitrogens with zero attached hydrogens (tertiary/aromatic N) is 3. The van der Waals surface area contributed by atoms with E-state index < -0.39 is 6.10 Å². The molecule has 0 bridgehead atoms. The zero-order valence-corrected chi connectivity index (χ0v) is 14.0. The first-order chi connectivity index (χ1) is 11.0. The van der Waals surface area contributed by atoms with Crippen LogP contribution in [0.5, 0.6) is 0 Å². The summed E-state index contributed by atoms with van der Waals surface area (Å²) in [6, 6.07) is 5.54. The van der Waals surface area contributed by atoms with E-state index in [0.29, 0.717) is 31.3 Å². The van der Waals surface area contributed by atoms with Crippen molar-refractivity contribution in [3.63, 3.8) is 0 Å². The molecule has 2 aliphatic heterocycles. The van der Waals surface area contributed by atoms with Gasteiger partial charge in [-0.25, -0.2) is 0 Å². The Balaban J connectivity index is 1.84. The van der Waals surface area contributed by atoms with E-state index in [4.69, 9.17) is 16.3 Å². The minimum Gasteiger partial charge on any atom is -0.371 e. The number of morpholine rings is 1. The van der Waals surface area contributed by atoms with Crippen LogP contribution in [-0.2, 0) is 14.3 Å². The number of anilines is 2. The second-order valence-electron chi connectivity index (χ2n) is 5.87. The van der Waals surface area contributed by atoms with Crippen molar-refractivity contribution in [2.75, 3.05) is 49.6 Å². The first-order valence-electron chi connectivity index (χ1n) is 7.66. The van der Waals surface area contributed by atoms with Gasteiger partial charge in [-0.05, 0) is 18.2 Å². The normalized spacial score (nSPS) is 21.2. The summed E-state index contributed by atoms with van der Waals surface area (Å²) in [5, 5.41) is 0.590. The number of benzene rings is 1. The Labute approximate surface area is 140 Å². The van der Waals surface area contributed by atoms with Crippen molar-refractivity contribution in [3.05, 3.63) is 23.2 Å². The lowest BCUT2D eigenvalue weighted by molar-refractivity contribution is -0.144. The van der Waals surface area contributed by atoms with Crippen LogP contribution in [0.15, 0.2) is 18.2 Å². The number of halogens is 1. The highest BCUT2D eigenvalue weighted by molar-refractivity contribution is 6.31. The first-order valence-corrected chi connectivity index (χ1v) is 8.04. The monoisotopic (exact) mass is 337 g/mol. The van der Waals surface area contributed by atoms with Crippen LogP contribution in [0, 0.1) is 0 Å². The molecule has 0 N–H and O–H groups in total. The zero-order chi connectivity index (χ0) is 16.6. The zero-order valence-electron chi connectivity index (χ0n) is 13.3. The maximum atomic E-state index is 12.9. The fourth-order valence-corrected chi connectivity index (χ4v) is 3.18. The van der Waals surface area contributed by atoms with Crippen molar-refractivity contribution in [1.82, 2.24) is 4.90 Å². The van der Waals surface area contributed by atoms with Gasteiger partial charge in [-0.15, -0.1) is 0 Å². The van der Waals surface area contributed by atoms with Gasteiger partial charge < -0.3 is 19.4 Å². The lowest BCUT2D eigenvalue weighted by Crippen LogP contribution is -2.54. The van der Waals surface area contributed by atoms with Crippen molar-refractivity contribution in [1.29, 1.82) is 0 Å². The molecule has 1 atom stereocenters. The molecule has 1 saturated heterocycles. The van der Waals surface area contributed by atoms with Gasteiger partial charge in [0.2, 0.25) is 5.91 Å². The van der Waals surface area contributed by atoms with Crippen LogP contribution < -0.4 is 9.80 Å². The predicted molar refractivity (Wildman–Crippen MR) is 89.1 cm³/mol. The lowest BCUT2D eigenvalue weighted by Gasteiger charge is -2.39. The summed E-state index contributed by atoms with van der Waals surface area (Å²) in [5.74, 6) is -0.152. The lowest BCUT2D eigenvalue weighted by atomic mass is 10.1. The fraction of sp³-hybridized carbons (Fsp3) is 0.500. The van der Waals surface area contributed by atoms with E-state index in [9.17, 15) is 9.59 Å². The van der Waals surface area contributed by atoms with Crippen molar-refractivity contribution >= 4 is 34.8 Å². The molecule has 0 saturated carbocycles. The van der Waals surface area contributed by atoms with Crippen LogP contribution in [0.2, 0.25) is 5.02 Å². The Bertz CT molecular complexity index is 637. The molecule has 0 spiro atoms. The van der Waals surface area contributed by atoms with Crippen LogP contribution in [0.25, 0.3) is 0 Å². The molecular formula is C16H20ClN3O3. The Hall–Kier alpha value is -1.79. The highest BCUT2D eigenvalue weighted by Gasteiger charge is 2.34. The molecule has 0 radical (unpaired) electrons. The van der Waals surface area contributed by atoms with Crippen LogP contribution in [0.4, 0.5) is 11.4 Å². The third kappa shape index (κ3) is 3.14. The first kappa shape index (κ1) is 16.1. The molecule has 0 aromatic heterocycles. The summed E-state index contributed by atoms with van der Waals surface area (Å²) in [5.41, 5.74) is 1.76. The van der Waals surface area contributed by atoms with E-state index in [1.807, 2.05) is 19.2 Å². The topological polar surface area (TPSA) is 53.1 Å². The quantitative estimate of drug-likeness (QED) is 0.776. The van der Waals surface area contributed by atoms with E-state index >= 15 is 0 Å². The van der Waals surface area contributed by atoms with Crippen LogP contribution >= 0.6 is 11.6 Å². The maximum absolute atomic E-state index is 12.9. The Kier molecular flexibility index (Phi) is 4.46. The molecule has 124 valence electrons. The van der Waals surface area contributed by atoms with Crippen LogP contribution in [-0.4, -0.2) is 62.7 Å². The van der Waals surface area contributed by atoms with E-state index in [1.165, 1.54) is 6.92 Å². The van der Waals surface area contributed by atoms with Gasteiger partial charge in [0.1, 0.15) is 0 Å². The molecular weight excluding hydrogens is 318 g/mol. The SMILES string of the molecule is CC(=O)N1CCOC(C(=O)N2CCN(C)c3ccc(Cl)cc32)C1. The molecule has 1 aromatic carbocycles. The number of carbonyl (C=O) groups is 2. The van der Waals surface area contributed by atoms with Gasteiger partial charge in [0.15, 0.2) is 6.10 Å². The molecule has 0 aliphatic carbocycles. The Morgan fingerprint density at radius 1 is 1.22 bits per heavy atom. The van der Waals surface area contributed by atoms with Crippen molar-refractivity contribution in [2.24, 2.45) is 0 Å². The predicted octanol–water partition coefficient (Wildman–Crippen LogP) is 1.37. The number of hydrogen-bond acceptors (Lipinski definition) is 4. The number of ether oxygens (including phenoxy) is 1. The second-order valence-corrected chi connectivity index (χ2v) is 6.31. The number of likely N-dealkylation sites (N-methyl/N-ethyl adjacent to an activating group) is 1. The standard InChI is InChI=1S/C16H20ClN3O3/c1-11(21)19-7-8-23-15(10-19)16(22)20-6-5-18(2)13-4-3-12(17)9-14(13)20/h3-4,9,15H,5-8,10H2,1-2H3. The van der Waals surface area contributed by atoms with E-state index in [1.54, 1.807) is 15.9 Å². The summed E-state index contributed by atoms with van der Waals surface area (Å²) in [4.78, 5) is 29.9. The third-order valence-electron chi connectivity index (χ3n) is 4.35. The smallest absolute Gasteiger partial charge is 0.258 e. The minimum atomic E-state index is -0.622. The van der Waals surface area contributed by atoms with Gasteiger partial charge in [0.25, 0.3) is 5.91 Å². The average Bonchev–Trinajstić information content (AvgIpc) is 2.54. The van der Waals surface area contributed by atoms with E-state index in [-0.39, 0.29) is 11.8 Å². The number of carbonyl (C=O) groups excluding carboxylic acids is 2. The number of fused-ring (bicyclic) bond motifs is 1. The van der Waals surface area contributed by atoms with E-state index in [0.717, 1.165) is 17.9 Å². The van der Waals surface area contributed by atoms with Gasteiger partial charge in [-0.1, -0.05) is 11.6 Å². The summed E-state index contributed by atoms with van der Waals surface area (Å²) in [6.45, 7) is 4.04. The number of hydrogen-bond donors (Lipinski definition) is 0. The number of amides is 2. The Morgan fingerprint density at radius 3 is 2.74 bits per heavy atom. The molecule has 7 heteroatoms. The van der Waals surface area contributed by atoms with Gasteiger partial charge >= 0.3 is 0 Å². The molecule has 3 rings (SSSR count). The third-order valence-corrected chi connectivity index (χ3v) is 4.59. The van der Waals surface area contributed by atoms with Gasteiger partial charge in [0.05, 0.1) is 24.5 Å². The van der Waals surface area contributed by atoms with Crippen molar-refractivity contribution in [3.8, 4) is 0 Å².